The van der Waals surface area contributed by atoms with Gasteiger partial charge in [-0.25, -0.2) is 0 Å². The van der Waals surface area contributed by atoms with E-state index in [0.29, 0.717) is 13.0 Å². The van der Waals surface area contributed by atoms with Crippen LogP contribution in [-0.4, -0.2) is 23.4 Å². The van der Waals surface area contributed by atoms with E-state index in [-0.39, 0.29) is 17.4 Å². The molecule has 0 aromatic heterocycles. The number of rotatable bonds is 4. The van der Waals surface area contributed by atoms with Gasteiger partial charge in [-0.15, -0.1) is 0 Å². The average Bonchev–Trinajstić information content (AvgIpc) is 2.30. The third-order valence-electron chi connectivity index (χ3n) is 3.82. The van der Waals surface area contributed by atoms with E-state index < -0.39 is 0 Å². The molecule has 0 bridgehead atoms. The fraction of sp³-hybridized carbons (Fsp3) is 0.857. The summed E-state index contributed by atoms with van der Waals surface area (Å²) < 4.78 is 0. The van der Waals surface area contributed by atoms with Crippen molar-refractivity contribution in [1.29, 1.82) is 5.26 Å². The Labute approximate surface area is 105 Å². The maximum Gasteiger partial charge on any atom is 0.228 e. The molecule has 0 saturated heterocycles. The van der Waals surface area contributed by atoms with Crippen molar-refractivity contribution < 1.29 is 4.79 Å². The highest BCUT2D eigenvalue weighted by atomic mass is 16.2. The second kappa shape index (κ2) is 6.05. The zero-order chi connectivity index (χ0) is 12.9. The molecule has 0 heterocycles. The van der Waals surface area contributed by atoms with Gasteiger partial charge in [0.2, 0.25) is 5.91 Å². The fourth-order valence-corrected chi connectivity index (χ4v) is 2.66. The second-order valence-corrected chi connectivity index (χ2v) is 5.62. The summed E-state index contributed by atoms with van der Waals surface area (Å²) in [5.74, 6) is 0.252. The highest BCUT2D eigenvalue weighted by molar-refractivity contribution is 5.82. The maximum atomic E-state index is 12.6. The molecule has 0 unspecified atom stereocenters. The number of hydrogen-bond donors (Lipinski definition) is 0. The van der Waals surface area contributed by atoms with Crippen LogP contribution < -0.4 is 0 Å². The lowest BCUT2D eigenvalue weighted by molar-refractivity contribution is -0.144. The Balaban J connectivity index is 2.72. The normalized spacial score (nSPS) is 18.8. The molecule has 1 amide bonds. The van der Waals surface area contributed by atoms with E-state index in [1.54, 1.807) is 0 Å². The molecule has 0 spiro atoms. The average molecular weight is 236 g/mol. The summed E-state index contributed by atoms with van der Waals surface area (Å²) >= 11 is 0. The molecule has 96 valence electrons. The smallest absolute Gasteiger partial charge is 0.228 e. The predicted molar refractivity (Wildman–Crippen MR) is 68.3 cm³/mol. The lowest BCUT2D eigenvalue weighted by Crippen LogP contribution is -2.47. The summed E-state index contributed by atoms with van der Waals surface area (Å²) in [6.45, 7) is 6.72. The molecular formula is C14H24N2O. The van der Waals surface area contributed by atoms with Crippen LogP contribution in [0.25, 0.3) is 0 Å². The van der Waals surface area contributed by atoms with Gasteiger partial charge in [0.15, 0.2) is 0 Å². The highest BCUT2D eigenvalue weighted by Crippen LogP contribution is 2.37. The van der Waals surface area contributed by atoms with Crippen molar-refractivity contribution in [2.24, 2.45) is 5.41 Å². The van der Waals surface area contributed by atoms with E-state index in [4.69, 9.17) is 5.26 Å². The first kappa shape index (κ1) is 14.0. The van der Waals surface area contributed by atoms with Crippen LogP contribution >= 0.6 is 0 Å². The van der Waals surface area contributed by atoms with Crippen molar-refractivity contribution >= 4 is 5.91 Å². The SMILES string of the molecule is CC(C)N(CCC#N)C(=O)C1(C)CCCCC1. The van der Waals surface area contributed by atoms with E-state index in [0.717, 1.165) is 25.7 Å². The summed E-state index contributed by atoms with van der Waals surface area (Å²) in [6.07, 6.45) is 6.00. The summed E-state index contributed by atoms with van der Waals surface area (Å²) in [5.41, 5.74) is -0.183. The van der Waals surface area contributed by atoms with Gasteiger partial charge in [-0.05, 0) is 26.7 Å². The van der Waals surface area contributed by atoms with Crippen molar-refractivity contribution in [3.05, 3.63) is 0 Å². The van der Waals surface area contributed by atoms with Gasteiger partial charge >= 0.3 is 0 Å². The van der Waals surface area contributed by atoms with Gasteiger partial charge in [-0.1, -0.05) is 26.2 Å². The minimum atomic E-state index is -0.183. The first-order chi connectivity index (χ1) is 8.01. The molecule has 1 rings (SSSR count). The van der Waals surface area contributed by atoms with E-state index in [1.165, 1.54) is 6.42 Å². The molecule has 3 heteroatoms. The molecule has 0 aliphatic heterocycles. The summed E-state index contributed by atoms with van der Waals surface area (Å²) in [4.78, 5) is 14.5. The minimum absolute atomic E-state index is 0.183. The third kappa shape index (κ3) is 3.46. The summed E-state index contributed by atoms with van der Waals surface area (Å²) in [5, 5.41) is 8.67. The third-order valence-corrected chi connectivity index (χ3v) is 3.82. The minimum Gasteiger partial charge on any atom is -0.339 e. The lowest BCUT2D eigenvalue weighted by atomic mass is 9.74. The Hall–Kier alpha value is -1.04. The molecule has 17 heavy (non-hydrogen) atoms. The number of amides is 1. The van der Waals surface area contributed by atoms with E-state index in [1.807, 2.05) is 18.7 Å². The quantitative estimate of drug-likeness (QED) is 0.752. The van der Waals surface area contributed by atoms with Crippen LogP contribution in [-0.2, 0) is 4.79 Å². The fourth-order valence-electron chi connectivity index (χ4n) is 2.66. The van der Waals surface area contributed by atoms with Gasteiger partial charge in [0.25, 0.3) is 0 Å². The molecule has 1 aliphatic rings. The standard InChI is InChI=1S/C14H24N2O/c1-12(2)16(11-7-10-15)13(17)14(3)8-5-4-6-9-14/h12H,4-9,11H2,1-3H3. The number of carbonyl (C=O) groups excluding carboxylic acids is 1. The largest absolute Gasteiger partial charge is 0.339 e. The van der Waals surface area contributed by atoms with Crippen LogP contribution in [0.1, 0.15) is 59.3 Å². The number of nitrogens with zero attached hydrogens (tertiary/aromatic N) is 2. The van der Waals surface area contributed by atoms with Gasteiger partial charge in [-0.2, -0.15) is 5.26 Å². The van der Waals surface area contributed by atoms with Crippen LogP contribution in [0.4, 0.5) is 0 Å². The van der Waals surface area contributed by atoms with Gasteiger partial charge in [0.05, 0.1) is 12.5 Å². The zero-order valence-electron chi connectivity index (χ0n) is 11.3. The van der Waals surface area contributed by atoms with E-state index in [9.17, 15) is 4.79 Å². The van der Waals surface area contributed by atoms with Gasteiger partial charge in [-0.3, -0.25) is 4.79 Å². The predicted octanol–water partition coefficient (Wildman–Crippen LogP) is 3.11. The monoisotopic (exact) mass is 236 g/mol. The molecule has 3 nitrogen and oxygen atoms in total. The van der Waals surface area contributed by atoms with Crippen LogP contribution in [0, 0.1) is 16.7 Å². The van der Waals surface area contributed by atoms with Crippen molar-refractivity contribution in [3.8, 4) is 6.07 Å². The zero-order valence-corrected chi connectivity index (χ0v) is 11.3. The molecule has 0 aromatic rings. The number of carbonyl (C=O) groups is 1. The molecule has 0 N–H and O–H groups in total. The van der Waals surface area contributed by atoms with Crippen LogP contribution in [0.2, 0.25) is 0 Å². The maximum absolute atomic E-state index is 12.6. The molecule has 1 aliphatic carbocycles. The van der Waals surface area contributed by atoms with Gasteiger partial charge in [0, 0.05) is 18.0 Å². The first-order valence-corrected chi connectivity index (χ1v) is 6.69. The van der Waals surface area contributed by atoms with Crippen molar-refractivity contribution in [3.63, 3.8) is 0 Å². The van der Waals surface area contributed by atoms with Crippen molar-refractivity contribution in [2.75, 3.05) is 6.54 Å². The molecule has 0 radical (unpaired) electrons. The Morgan fingerprint density at radius 2 is 1.94 bits per heavy atom. The van der Waals surface area contributed by atoms with Gasteiger partial charge in [0.1, 0.15) is 0 Å². The second-order valence-electron chi connectivity index (χ2n) is 5.62. The Kier molecular flexibility index (Phi) is 4.99. The molecule has 0 aromatic carbocycles. The summed E-state index contributed by atoms with van der Waals surface area (Å²) in [7, 11) is 0. The topological polar surface area (TPSA) is 44.1 Å². The number of nitriles is 1. The van der Waals surface area contributed by atoms with Crippen molar-refractivity contribution in [2.45, 2.75) is 65.3 Å². The van der Waals surface area contributed by atoms with Crippen LogP contribution in [0.5, 0.6) is 0 Å². The lowest BCUT2D eigenvalue weighted by Gasteiger charge is -2.38. The summed E-state index contributed by atoms with van der Waals surface area (Å²) in [6, 6.07) is 2.32. The first-order valence-electron chi connectivity index (χ1n) is 6.69. The molecule has 1 fully saturated rings. The molecule has 0 atom stereocenters. The van der Waals surface area contributed by atoms with E-state index >= 15 is 0 Å². The molecule has 1 saturated carbocycles. The van der Waals surface area contributed by atoms with Crippen LogP contribution in [0.15, 0.2) is 0 Å². The Morgan fingerprint density at radius 3 is 2.41 bits per heavy atom. The van der Waals surface area contributed by atoms with Gasteiger partial charge < -0.3 is 4.90 Å². The van der Waals surface area contributed by atoms with Crippen molar-refractivity contribution in [1.82, 2.24) is 4.90 Å². The number of hydrogen-bond acceptors (Lipinski definition) is 2. The van der Waals surface area contributed by atoms with Crippen LogP contribution in [0.3, 0.4) is 0 Å². The highest BCUT2D eigenvalue weighted by Gasteiger charge is 2.38. The van der Waals surface area contributed by atoms with E-state index in [2.05, 4.69) is 13.0 Å². The Morgan fingerprint density at radius 1 is 1.35 bits per heavy atom. The molecular weight excluding hydrogens is 212 g/mol. The Bertz CT molecular complexity index is 298.